The summed E-state index contributed by atoms with van der Waals surface area (Å²) in [5.41, 5.74) is 1.86. The van der Waals surface area contributed by atoms with Crippen molar-refractivity contribution in [1.29, 1.82) is 0 Å². The van der Waals surface area contributed by atoms with Crippen LogP contribution in [0.2, 0.25) is 0 Å². The Morgan fingerprint density at radius 2 is 2.21 bits per heavy atom. The molecular weight excluding hydrogens is 313 g/mol. The molecule has 0 saturated carbocycles. The van der Waals surface area contributed by atoms with Gasteiger partial charge in [-0.15, -0.1) is 0 Å². The van der Waals surface area contributed by atoms with Crippen LogP contribution in [0.1, 0.15) is 11.3 Å². The first kappa shape index (κ1) is 12.5. The number of halogens is 2. The Kier molecular flexibility index (Phi) is 3.20. The summed E-state index contributed by atoms with van der Waals surface area (Å²) < 4.78 is 14.0. The van der Waals surface area contributed by atoms with Crippen molar-refractivity contribution in [3.8, 4) is 11.4 Å². The summed E-state index contributed by atoms with van der Waals surface area (Å²) in [5.74, 6) is 0.0236. The van der Waals surface area contributed by atoms with Gasteiger partial charge in [0.05, 0.1) is 5.69 Å². The maximum atomic E-state index is 13.3. The number of nitrogens with one attached hydrogen (secondary N) is 2. The van der Waals surface area contributed by atoms with Gasteiger partial charge in [-0.3, -0.25) is 4.79 Å². The van der Waals surface area contributed by atoms with Gasteiger partial charge < -0.3 is 10.3 Å². The fourth-order valence-electron chi connectivity index (χ4n) is 2.18. The lowest BCUT2D eigenvalue weighted by molar-refractivity contribution is 0.618. The van der Waals surface area contributed by atoms with Crippen molar-refractivity contribution in [2.75, 3.05) is 6.54 Å². The van der Waals surface area contributed by atoms with Gasteiger partial charge in [0.2, 0.25) is 0 Å². The highest BCUT2D eigenvalue weighted by Crippen LogP contribution is 2.26. The molecule has 0 aliphatic carbocycles. The minimum absolute atomic E-state index is 0.141. The van der Waals surface area contributed by atoms with E-state index in [9.17, 15) is 9.18 Å². The van der Waals surface area contributed by atoms with Crippen LogP contribution in [0.5, 0.6) is 0 Å². The Morgan fingerprint density at radius 1 is 1.37 bits per heavy atom. The van der Waals surface area contributed by atoms with Crippen molar-refractivity contribution in [2.45, 2.75) is 13.0 Å². The lowest BCUT2D eigenvalue weighted by atomic mass is 10.1. The zero-order valence-electron chi connectivity index (χ0n) is 9.96. The van der Waals surface area contributed by atoms with E-state index >= 15 is 0 Å². The first-order chi connectivity index (χ1) is 9.15. The maximum absolute atomic E-state index is 13.3. The fourth-order valence-corrected chi connectivity index (χ4v) is 2.61. The van der Waals surface area contributed by atoms with Crippen LogP contribution in [0.3, 0.4) is 0 Å². The molecule has 2 heterocycles. The summed E-state index contributed by atoms with van der Waals surface area (Å²) >= 11 is 3.34. The highest BCUT2D eigenvalue weighted by Gasteiger charge is 2.16. The third-order valence-corrected chi connectivity index (χ3v) is 3.82. The van der Waals surface area contributed by atoms with Crippen LogP contribution in [-0.4, -0.2) is 16.5 Å². The molecule has 0 unspecified atom stereocenters. The molecule has 2 N–H and O–H groups in total. The van der Waals surface area contributed by atoms with Gasteiger partial charge in [-0.2, -0.15) is 0 Å². The van der Waals surface area contributed by atoms with E-state index in [1.807, 2.05) is 0 Å². The second kappa shape index (κ2) is 4.86. The summed E-state index contributed by atoms with van der Waals surface area (Å²) in [5, 5.41) is 3.17. The maximum Gasteiger partial charge on any atom is 0.254 e. The third kappa shape index (κ3) is 2.33. The molecule has 0 saturated heterocycles. The Hall–Kier alpha value is -1.53. The van der Waals surface area contributed by atoms with E-state index in [2.05, 4.69) is 31.2 Å². The molecule has 6 heteroatoms. The van der Waals surface area contributed by atoms with E-state index in [0.717, 1.165) is 17.8 Å². The normalized spacial score (nSPS) is 14.2. The number of hydrogen-bond acceptors (Lipinski definition) is 3. The average molecular weight is 324 g/mol. The fraction of sp³-hybridized carbons (Fsp3) is 0.231. The van der Waals surface area contributed by atoms with Crippen LogP contribution in [0.25, 0.3) is 11.4 Å². The molecule has 4 nitrogen and oxygen atoms in total. The zero-order valence-corrected chi connectivity index (χ0v) is 11.6. The Morgan fingerprint density at radius 3 is 3.05 bits per heavy atom. The van der Waals surface area contributed by atoms with Crippen molar-refractivity contribution in [2.24, 2.45) is 0 Å². The standard InChI is InChI=1S/C13H11BrFN3O/c14-10-2-1-7(15)5-9(10)12-17-11-6-16-4-3-8(11)13(19)18-12/h1-2,5,16H,3-4,6H2,(H,17,18,19). The number of fused-ring (bicyclic) bond motifs is 1. The SMILES string of the molecule is O=c1[nH]c(-c2cc(F)ccc2Br)nc2c1CCNC2. The summed E-state index contributed by atoms with van der Waals surface area (Å²) in [6.07, 6.45) is 0.669. The van der Waals surface area contributed by atoms with E-state index in [-0.39, 0.29) is 11.4 Å². The summed E-state index contributed by atoms with van der Waals surface area (Å²) in [4.78, 5) is 19.2. The molecule has 2 aromatic rings. The molecule has 98 valence electrons. The minimum atomic E-state index is -0.364. The van der Waals surface area contributed by atoms with Crippen molar-refractivity contribution in [3.05, 3.63) is 50.1 Å². The second-order valence-electron chi connectivity index (χ2n) is 4.39. The van der Waals surface area contributed by atoms with Gasteiger partial charge in [-0.05, 0) is 31.2 Å². The zero-order chi connectivity index (χ0) is 13.4. The molecule has 1 aromatic carbocycles. The van der Waals surface area contributed by atoms with E-state index in [0.29, 0.717) is 28.8 Å². The van der Waals surface area contributed by atoms with Gasteiger partial charge in [0, 0.05) is 22.1 Å². The van der Waals surface area contributed by atoms with Gasteiger partial charge in [0.15, 0.2) is 0 Å². The first-order valence-corrected chi connectivity index (χ1v) is 6.72. The van der Waals surface area contributed by atoms with Crippen LogP contribution in [-0.2, 0) is 13.0 Å². The van der Waals surface area contributed by atoms with E-state index in [4.69, 9.17) is 0 Å². The molecule has 0 fully saturated rings. The van der Waals surface area contributed by atoms with Crippen LogP contribution in [0, 0.1) is 5.82 Å². The van der Waals surface area contributed by atoms with Crippen molar-refractivity contribution >= 4 is 15.9 Å². The number of H-pyrrole nitrogens is 1. The Labute approximate surface area is 117 Å². The Bertz CT molecular complexity index is 699. The summed E-state index contributed by atoms with van der Waals surface area (Å²) in [6, 6.07) is 4.30. The molecule has 0 amide bonds. The van der Waals surface area contributed by atoms with Crippen molar-refractivity contribution in [3.63, 3.8) is 0 Å². The van der Waals surface area contributed by atoms with E-state index in [1.165, 1.54) is 12.1 Å². The molecular formula is C13H11BrFN3O. The molecule has 0 spiro atoms. The van der Waals surface area contributed by atoms with Crippen LogP contribution >= 0.6 is 15.9 Å². The predicted molar refractivity (Wildman–Crippen MR) is 73.4 cm³/mol. The van der Waals surface area contributed by atoms with Crippen LogP contribution in [0.4, 0.5) is 4.39 Å². The van der Waals surface area contributed by atoms with Crippen molar-refractivity contribution < 1.29 is 4.39 Å². The van der Waals surface area contributed by atoms with Gasteiger partial charge in [-0.25, -0.2) is 9.37 Å². The van der Waals surface area contributed by atoms with Crippen LogP contribution < -0.4 is 10.9 Å². The molecule has 3 rings (SSSR count). The summed E-state index contributed by atoms with van der Waals surface area (Å²) in [6.45, 7) is 1.35. The molecule has 0 radical (unpaired) electrons. The molecule has 19 heavy (non-hydrogen) atoms. The smallest absolute Gasteiger partial charge is 0.254 e. The largest absolute Gasteiger partial charge is 0.311 e. The van der Waals surface area contributed by atoms with Crippen LogP contribution in [0.15, 0.2) is 27.5 Å². The first-order valence-electron chi connectivity index (χ1n) is 5.93. The minimum Gasteiger partial charge on any atom is -0.311 e. The predicted octanol–water partition coefficient (Wildman–Crippen LogP) is 1.98. The van der Waals surface area contributed by atoms with E-state index < -0.39 is 0 Å². The van der Waals surface area contributed by atoms with Gasteiger partial charge in [0.25, 0.3) is 5.56 Å². The lowest BCUT2D eigenvalue weighted by Crippen LogP contribution is -2.31. The lowest BCUT2D eigenvalue weighted by Gasteiger charge is -2.16. The highest BCUT2D eigenvalue weighted by atomic mass is 79.9. The van der Waals surface area contributed by atoms with Gasteiger partial charge in [-0.1, -0.05) is 15.9 Å². The number of aromatic nitrogens is 2. The number of nitrogens with zero attached hydrogens (tertiary/aromatic N) is 1. The van der Waals surface area contributed by atoms with Gasteiger partial charge >= 0.3 is 0 Å². The topological polar surface area (TPSA) is 57.8 Å². The molecule has 0 bridgehead atoms. The number of hydrogen-bond donors (Lipinski definition) is 2. The second-order valence-corrected chi connectivity index (χ2v) is 5.25. The van der Waals surface area contributed by atoms with E-state index in [1.54, 1.807) is 6.07 Å². The third-order valence-electron chi connectivity index (χ3n) is 3.13. The van der Waals surface area contributed by atoms with Gasteiger partial charge in [0.1, 0.15) is 11.6 Å². The number of rotatable bonds is 1. The molecule has 1 aliphatic rings. The number of benzene rings is 1. The molecule has 1 aliphatic heterocycles. The number of aromatic amines is 1. The monoisotopic (exact) mass is 323 g/mol. The molecule has 0 atom stereocenters. The van der Waals surface area contributed by atoms with Crippen molar-refractivity contribution in [1.82, 2.24) is 15.3 Å². The average Bonchev–Trinajstić information content (AvgIpc) is 2.41. The summed E-state index contributed by atoms with van der Waals surface area (Å²) in [7, 11) is 0. The molecule has 1 aromatic heterocycles. The highest BCUT2D eigenvalue weighted by molar-refractivity contribution is 9.10. The Balaban J connectivity index is 2.18. The quantitative estimate of drug-likeness (QED) is 0.843.